The number of hydrogen-bond acceptors (Lipinski definition) is 3. The standard InChI is InChI=1S/C18H31N3O2/c1-14(18(23)19-16-7-8-16)20-9-11-21(12-10-20)17(22)13-15-5-3-2-4-6-15/h14-16H,2-13H2,1H3,(H,19,23). The van der Waals surface area contributed by atoms with Crippen molar-refractivity contribution < 1.29 is 9.59 Å². The van der Waals surface area contributed by atoms with Crippen molar-refractivity contribution in [3.05, 3.63) is 0 Å². The first-order chi connectivity index (χ1) is 11.1. The van der Waals surface area contributed by atoms with E-state index in [-0.39, 0.29) is 11.9 Å². The van der Waals surface area contributed by atoms with E-state index < -0.39 is 0 Å². The first-order valence-electron chi connectivity index (χ1n) is 9.45. The number of hydrogen-bond donors (Lipinski definition) is 1. The Labute approximate surface area is 139 Å². The first-order valence-corrected chi connectivity index (χ1v) is 9.45. The Morgan fingerprint density at radius 3 is 2.26 bits per heavy atom. The third-order valence-corrected chi connectivity index (χ3v) is 5.71. The fourth-order valence-electron chi connectivity index (χ4n) is 3.84. The molecule has 1 atom stereocenters. The maximum absolute atomic E-state index is 12.5. The van der Waals surface area contributed by atoms with E-state index >= 15 is 0 Å². The zero-order chi connectivity index (χ0) is 16.2. The van der Waals surface area contributed by atoms with Crippen LogP contribution in [-0.4, -0.2) is 59.9 Å². The summed E-state index contributed by atoms with van der Waals surface area (Å²) in [5, 5.41) is 3.08. The van der Waals surface area contributed by atoms with Crippen molar-refractivity contribution in [2.75, 3.05) is 26.2 Å². The number of carbonyl (C=O) groups is 2. The summed E-state index contributed by atoms with van der Waals surface area (Å²) in [6.07, 6.45) is 9.36. The van der Waals surface area contributed by atoms with Crippen LogP contribution in [0.3, 0.4) is 0 Å². The number of nitrogens with one attached hydrogen (secondary N) is 1. The summed E-state index contributed by atoms with van der Waals surface area (Å²) in [6.45, 7) is 5.15. The Morgan fingerprint density at radius 2 is 1.65 bits per heavy atom. The molecular weight excluding hydrogens is 290 g/mol. The average Bonchev–Trinajstić information content (AvgIpc) is 3.39. The van der Waals surface area contributed by atoms with Gasteiger partial charge >= 0.3 is 0 Å². The van der Waals surface area contributed by atoms with Crippen LogP contribution >= 0.6 is 0 Å². The van der Waals surface area contributed by atoms with E-state index in [1.165, 1.54) is 32.1 Å². The summed E-state index contributed by atoms with van der Waals surface area (Å²) >= 11 is 0. The Balaban J connectivity index is 1.40. The lowest BCUT2D eigenvalue weighted by molar-refractivity contribution is -0.135. The molecule has 23 heavy (non-hydrogen) atoms. The van der Waals surface area contributed by atoms with Gasteiger partial charge in [0.05, 0.1) is 6.04 Å². The number of rotatable bonds is 5. The van der Waals surface area contributed by atoms with E-state index in [0.717, 1.165) is 45.4 Å². The second-order valence-corrected chi connectivity index (χ2v) is 7.58. The number of nitrogens with zero attached hydrogens (tertiary/aromatic N) is 2. The second-order valence-electron chi connectivity index (χ2n) is 7.58. The molecule has 0 spiro atoms. The first kappa shape index (κ1) is 16.7. The van der Waals surface area contributed by atoms with E-state index in [1.54, 1.807) is 0 Å². The highest BCUT2D eigenvalue weighted by Crippen LogP contribution is 2.27. The Morgan fingerprint density at radius 1 is 1.00 bits per heavy atom. The van der Waals surface area contributed by atoms with Gasteiger partial charge in [0, 0.05) is 38.6 Å². The summed E-state index contributed by atoms with van der Waals surface area (Å²) in [4.78, 5) is 28.8. The van der Waals surface area contributed by atoms with Gasteiger partial charge in [-0.3, -0.25) is 14.5 Å². The van der Waals surface area contributed by atoms with Gasteiger partial charge in [0.2, 0.25) is 11.8 Å². The molecule has 1 N–H and O–H groups in total. The maximum Gasteiger partial charge on any atom is 0.237 e. The SMILES string of the molecule is CC(C(=O)NC1CC1)N1CCN(C(=O)CC2CCCCC2)CC1. The highest BCUT2D eigenvalue weighted by atomic mass is 16.2. The van der Waals surface area contributed by atoms with Crippen molar-refractivity contribution >= 4 is 11.8 Å². The quantitative estimate of drug-likeness (QED) is 0.839. The van der Waals surface area contributed by atoms with Crippen LogP contribution in [0.1, 0.15) is 58.3 Å². The van der Waals surface area contributed by atoms with Crippen LogP contribution in [0.15, 0.2) is 0 Å². The number of amides is 2. The molecule has 1 aliphatic heterocycles. The van der Waals surface area contributed by atoms with Gasteiger partial charge in [-0.2, -0.15) is 0 Å². The largest absolute Gasteiger partial charge is 0.352 e. The average molecular weight is 321 g/mol. The van der Waals surface area contributed by atoms with Crippen LogP contribution in [0.5, 0.6) is 0 Å². The van der Waals surface area contributed by atoms with Crippen LogP contribution in [0.2, 0.25) is 0 Å². The molecule has 1 heterocycles. The minimum Gasteiger partial charge on any atom is -0.352 e. The van der Waals surface area contributed by atoms with Gasteiger partial charge in [0.25, 0.3) is 0 Å². The van der Waals surface area contributed by atoms with E-state index in [9.17, 15) is 9.59 Å². The molecule has 2 amide bonds. The Hall–Kier alpha value is -1.10. The summed E-state index contributed by atoms with van der Waals surface area (Å²) in [5.74, 6) is 1.08. The van der Waals surface area contributed by atoms with Crippen LogP contribution < -0.4 is 5.32 Å². The molecule has 1 unspecified atom stereocenters. The molecule has 2 aliphatic carbocycles. The molecule has 3 aliphatic rings. The summed E-state index contributed by atoms with van der Waals surface area (Å²) in [5.41, 5.74) is 0. The highest BCUT2D eigenvalue weighted by Gasteiger charge is 2.31. The van der Waals surface area contributed by atoms with Crippen molar-refractivity contribution in [3.63, 3.8) is 0 Å². The number of piperazine rings is 1. The Bertz CT molecular complexity index is 422. The predicted octanol–water partition coefficient (Wildman–Crippen LogP) is 1.77. The highest BCUT2D eigenvalue weighted by molar-refractivity contribution is 5.82. The van der Waals surface area contributed by atoms with Gasteiger partial charge in [-0.05, 0) is 38.5 Å². The molecular formula is C18H31N3O2. The number of carbonyl (C=O) groups excluding carboxylic acids is 2. The maximum atomic E-state index is 12.5. The normalized spacial score (nSPS) is 25.2. The topological polar surface area (TPSA) is 52.7 Å². The fraction of sp³-hybridized carbons (Fsp3) is 0.889. The molecule has 130 valence electrons. The molecule has 0 aromatic carbocycles. The summed E-state index contributed by atoms with van der Waals surface area (Å²) in [6, 6.07) is 0.342. The van der Waals surface area contributed by atoms with Gasteiger partial charge in [-0.15, -0.1) is 0 Å². The Kier molecular flexibility index (Phi) is 5.57. The van der Waals surface area contributed by atoms with E-state index in [2.05, 4.69) is 10.2 Å². The molecule has 0 radical (unpaired) electrons. The van der Waals surface area contributed by atoms with Gasteiger partial charge in [-0.25, -0.2) is 0 Å². The van der Waals surface area contributed by atoms with Gasteiger partial charge in [0.1, 0.15) is 0 Å². The van der Waals surface area contributed by atoms with Crippen molar-refractivity contribution in [1.29, 1.82) is 0 Å². The summed E-state index contributed by atoms with van der Waals surface area (Å²) < 4.78 is 0. The zero-order valence-electron chi connectivity index (χ0n) is 14.4. The van der Waals surface area contributed by atoms with Crippen LogP contribution in [0, 0.1) is 5.92 Å². The molecule has 1 saturated heterocycles. The lowest BCUT2D eigenvalue weighted by atomic mass is 9.86. The fourth-order valence-corrected chi connectivity index (χ4v) is 3.84. The van der Waals surface area contributed by atoms with Gasteiger partial charge in [0.15, 0.2) is 0 Å². The van der Waals surface area contributed by atoms with Crippen molar-refractivity contribution in [2.45, 2.75) is 70.4 Å². The third-order valence-electron chi connectivity index (χ3n) is 5.71. The van der Waals surface area contributed by atoms with Gasteiger partial charge < -0.3 is 10.2 Å². The molecule has 0 aromatic heterocycles. The van der Waals surface area contributed by atoms with Crippen LogP contribution in [0.4, 0.5) is 0 Å². The van der Waals surface area contributed by atoms with Crippen molar-refractivity contribution in [3.8, 4) is 0 Å². The van der Waals surface area contributed by atoms with E-state index in [0.29, 0.717) is 17.9 Å². The zero-order valence-corrected chi connectivity index (χ0v) is 14.4. The molecule has 5 nitrogen and oxygen atoms in total. The second kappa shape index (κ2) is 7.65. The molecule has 0 aromatic rings. The monoisotopic (exact) mass is 321 g/mol. The van der Waals surface area contributed by atoms with Crippen molar-refractivity contribution in [2.24, 2.45) is 5.92 Å². The molecule has 0 bridgehead atoms. The lowest BCUT2D eigenvalue weighted by Crippen LogP contribution is -2.55. The summed E-state index contributed by atoms with van der Waals surface area (Å²) in [7, 11) is 0. The van der Waals surface area contributed by atoms with E-state index in [1.807, 2.05) is 11.8 Å². The molecule has 2 saturated carbocycles. The molecule has 3 rings (SSSR count). The molecule has 5 heteroatoms. The third kappa shape index (κ3) is 4.69. The smallest absolute Gasteiger partial charge is 0.237 e. The van der Waals surface area contributed by atoms with Crippen molar-refractivity contribution in [1.82, 2.24) is 15.1 Å². The van der Waals surface area contributed by atoms with Crippen LogP contribution in [0.25, 0.3) is 0 Å². The minimum atomic E-state index is -0.0776. The van der Waals surface area contributed by atoms with Gasteiger partial charge in [-0.1, -0.05) is 19.3 Å². The predicted molar refractivity (Wildman–Crippen MR) is 90.0 cm³/mol. The van der Waals surface area contributed by atoms with E-state index in [4.69, 9.17) is 0 Å². The molecule has 3 fully saturated rings. The van der Waals surface area contributed by atoms with Crippen LogP contribution in [-0.2, 0) is 9.59 Å². The lowest BCUT2D eigenvalue weighted by Gasteiger charge is -2.38. The minimum absolute atomic E-state index is 0.0776.